The predicted molar refractivity (Wildman–Crippen MR) is 507 cm³/mol. The molecular formula is C91H73Cl4FN14O16S5. The number of halogens is 5. The number of nitrogens with one attached hydrogen (secondary N) is 5. The van der Waals surface area contributed by atoms with Gasteiger partial charge in [-0.2, -0.15) is 0 Å². The van der Waals surface area contributed by atoms with Gasteiger partial charge in [-0.1, -0.05) is 46.4 Å². The number of carbonyl (C=O) groups is 4. The quantitative estimate of drug-likeness (QED) is 0.0600. The number of aromatic amines is 1. The van der Waals surface area contributed by atoms with Gasteiger partial charge in [-0.3, -0.25) is 44.1 Å². The van der Waals surface area contributed by atoms with Crippen LogP contribution in [0, 0.1) is 5.82 Å². The monoisotopic (exact) mass is 1940 g/mol. The van der Waals surface area contributed by atoms with E-state index in [9.17, 15) is 57.2 Å². The molecule has 4 saturated heterocycles. The van der Waals surface area contributed by atoms with Crippen molar-refractivity contribution in [3.05, 3.63) is 315 Å². The molecule has 0 saturated carbocycles. The summed E-state index contributed by atoms with van der Waals surface area (Å²) in [6, 6.07) is 59.6. The number of benzene rings is 8. The average molecular weight is 1940 g/mol. The molecule has 4 amide bonds. The molecular weight excluding hydrogens is 1870 g/mol. The first-order chi connectivity index (χ1) is 63.1. The predicted octanol–water partition coefficient (Wildman–Crippen LogP) is 17.5. The van der Waals surface area contributed by atoms with E-state index in [1.54, 1.807) is 200 Å². The summed E-state index contributed by atoms with van der Waals surface area (Å²) in [5.74, 6) is -2.15. The van der Waals surface area contributed by atoms with Crippen LogP contribution in [0.3, 0.4) is 0 Å². The van der Waals surface area contributed by atoms with Crippen LogP contribution >= 0.6 is 57.7 Å². The molecule has 0 atom stereocenters. The Bertz CT molecular complexity index is 7140. The Morgan fingerprint density at radius 1 is 0.366 bits per heavy atom. The van der Waals surface area contributed by atoms with Crippen molar-refractivity contribution in [1.29, 1.82) is 0 Å². The number of thiophene rings is 1. The summed E-state index contributed by atoms with van der Waals surface area (Å²) in [5, 5.41) is 19.1. The normalized spacial score (nSPS) is 15.4. The summed E-state index contributed by atoms with van der Waals surface area (Å²) < 4.78 is 138. The van der Waals surface area contributed by atoms with E-state index in [-0.39, 0.29) is 94.1 Å². The van der Waals surface area contributed by atoms with Gasteiger partial charge in [-0.15, -0.1) is 11.3 Å². The minimum Gasteiger partial charge on any atom is -0.359 e. The topological polar surface area (TPSA) is 383 Å². The summed E-state index contributed by atoms with van der Waals surface area (Å²) in [6.07, 6.45) is 11.8. The molecule has 40 heteroatoms. The number of aromatic nitrogens is 6. The summed E-state index contributed by atoms with van der Waals surface area (Å²) in [5.41, 5.74) is 11.2. The molecule has 30 nitrogen and oxygen atoms in total. The molecule has 4 aliphatic heterocycles. The summed E-state index contributed by atoms with van der Waals surface area (Å²) in [6.45, 7) is 0.514. The van der Waals surface area contributed by atoms with Crippen molar-refractivity contribution in [2.24, 2.45) is 0 Å². The fraction of sp³-hybridized carbons (Fsp3) is 0.132. The molecule has 0 aliphatic carbocycles. The summed E-state index contributed by atoms with van der Waals surface area (Å²) in [7, 11) is -13.7. The van der Waals surface area contributed by atoms with Crippen LogP contribution in [0.25, 0.3) is 76.8 Å². The highest BCUT2D eigenvalue weighted by atomic mass is 35.5. The van der Waals surface area contributed by atoms with Crippen LogP contribution < -0.4 is 38.5 Å². The maximum atomic E-state index is 13.5. The molecule has 19 rings (SSSR count). The van der Waals surface area contributed by atoms with Crippen LogP contribution in [-0.4, -0.2) is 164 Å². The van der Waals surface area contributed by atoms with E-state index in [1.807, 2.05) is 48.0 Å². The second-order valence-electron chi connectivity index (χ2n) is 29.3. The van der Waals surface area contributed by atoms with Gasteiger partial charge in [0.25, 0.3) is 23.6 Å². The number of nitrogens with zero attached hydrogens (tertiary/aromatic N) is 9. The van der Waals surface area contributed by atoms with Gasteiger partial charge < -0.3 is 45.2 Å². The third-order valence-corrected chi connectivity index (χ3v) is 29.8. The lowest BCUT2D eigenvalue weighted by atomic mass is 10.0. The van der Waals surface area contributed by atoms with Crippen molar-refractivity contribution >= 4 is 199 Å². The molecule has 131 heavy (non-hydrogen) atoms. The number of fused-ring (bicyclic) bond motifs is 3. The zero-order valence-corrected chi connectivity index (χ0v) is 75.5. The average Bonchev–Trinajstić information content (AvgIpc) is 1.11. The van der Waals surface area contributed by atoms with Crippen LogP contribution in [-0.2, 0) is 59.0 Å². The molecule has 4 fully saturated rings. The van der Waals surface area contributed by atoms with Crippen LogP contribution in [0.15, 0.2) is 267 Å². The number of amides is 4. The molecule has 0 bridgehead atoms. The van der Waals surface area contributed by atoms with E-state index >= 15 is 0 Å². The third-order valence-electron chi connectivity index (χ3n) is 20.9. The molecule has 4 aliphatic rings. The van der Waals surface area contributed by atoms with Gasteiger partial charge in [-0.05, 0) is 223 Å². The number of carbonyl (C=O) groups excluding carboxylic acids is 4. The SMILES string of the molecule is O=C(Nc1ccc(Cl)c(-c2cc(F)ccn2)c1)c1ccc(N2COCCS2(=O)=O)cc1.O=C(Nc1ccc(Cl)c(-c2nccc3cc[nH]c23)c1)c1ccc(N2COCCS2(=O)=O)cc1.O=C(Nc1ccc(Cl)c(-c2nccc3ccncc23)c1)c1ccc(N2COCCS2(=O)=O)cc1.O=C(Nc1ccc(Cl)c(-c2nccc3sccc23)c1)c1ccc(N2COCCS2(=O)=O)cc1. The molecule has 15 aromatic rings. The van der Waals surface area contributed by atoms with Crippen molar-refractivity contribution in [3.8, 4) is 45.0 Å². The highest BCUT2D eigenvalue weighted by molar-refractivity contribution is 7.93. The Labute approximate surface area is 774 Å². The van der Waals surface area contributed by atoms with E-state index in [0.29, 0.717) is 122 Å². The fourth-order valence-corrected chi connectivity index (χ4v) is 20.6. The standard InChI is InChI=1S/C24H19ClN4O4S.C23H19ClN4O4S.C23H18ClN3O4S2.C21H17ClFN3O4S/c25-22-6-3-18(13-20(22)23-21-14-26-9-7-16(21)8-10-27-23)28-24(30)17-1-4-19(5-2-17)29-15-33-11-12-34(29,31)32;24-20-6-3-17(13-19(20)22-21-15(7-9-25-21)8-10-26-22)27-23(29)16-1-4-18(5-2-16)28-14-32-11-12-33(28,30)31;24-20-6-3-16(13-19(20)22-18-8-11-32-21(18)7-9-25-22)26-23(28)15-1-4-17(5-2-15)27-14-31-10-12-33(27,29)30;22-19-6-3-16(12-18(19)20-11-15(23)7-8-24-20)25-21(27)14-1-4-17(5-2-14)26-13-30-9-10-31(26,28)29/h1-10,13-14H,11-12,15H2,(H,28,30);1-10,13,25H,11-12,14H2,(H,27,29);1-9,11,13H,10,12,14H2,(H,26,28);1-8,11-12H,9-10,13H2,(H,25,27). The lowest BCUT2D eigenvalue weighted by Crippen LogP contribution is -2.41. The van der Waals surface area contributed by atoms with Crippen LogP contribution in [0.5, 0.6) is 0 Å². The molecule has 668 valence electrons. The van der Waals surface area contributed by atoms with Crippen molar-refractivity contribution in [3.63, 3.8) is 0 Å². The number of sulfonamides is 4. The minimum atomic E-state index is -3.43. The largest absolute Gasteiger partial charge is 0.359 e. The molecule has 5 N–H and O–H groups in total. The number of H-pyrrole nitrogens is 1. The summed E-state index contributed by atoms with van der Waals surface area (Å²) in [4.78, 5) is 76.0. The Morgan fingerprint density at radius 2 is 0.710 bits per heavy atom. The maximum absolute atomic E-state index is 13.5. The highest BCUT2D eigenvalue weighted by Crippen LogP contribution is 2.40. The second kappa shape index (κ2) is 39.8. The van der Waals surface area contributed by atoms with E-state index in [1.165, 1.54) is 43.4 Å². The third kappa shape index (κ3) is 21.3. The number of hydrogen-bond acceptors (Lipinski definition) is 22. The molecule has 0 spiro atoms. The Kier molecular flexibility index (Phi) is 27.8. The number of rotatable bonds is 16. The smallest absolute Gasteiger partial charge is 0.255 e. The Balaban J connectivity index is 0.000000128. The van der Waals surface area contributed by atoms with Crippen molar-refractivity contribution < 1.29 is 76.2 Å². The zero-order valence-electron chi connectivity index (χ0n) is 68.4. The fourth-order valence-electron chi connectivity index (χ4n) is 14.1. The molecule has 7 aromatic heterocycles. The zero-order chi connectivity index (χ0) is 91.7. The lowest BCUT2D eigenvalue weighted by molar-refractivity contribution is 0.101. The van der Waals surface area contributed by atoms with Gasteiger partial charge in [-0.25, -0.2) is 55.3 Å². The van der Waals surface area contributed by atoms with E-state index in [4.69, 9.17) is 65.4 Å². The summed E-state index contributed by atoms with van der Waals surface area (Å²) >= 11 is 27.2. The van der Waals surface area contributed by atoms with E-state index in [0.717, 1.165) is 47.3 Å². The van der Waals surface area contributed by atoms with Gasteiger partial charge in [0.1, 0.15) is 32.7 Å². The van der Waals surface area contributed by atoms with Gasteiger partial charge in [0.05, 0.1) is 121 Å². The first-order valence-electron chi connectivity index (χ1n) is 39.8. The minimum absolute atomic E-state index is 0.0354. The number of anilines is 8. The van der Waals surface area contributed by atoms with Gasteiger partial charge in [0.15, 0.2) is 0 Å². The number of ether oxygens (including phenoxy) is 4. The van der Waals surface area contributed by atoms with Gasteiger partial charge in [0, 0.05) is 138 Å². The molecule has 0 radical (unpaired) electrons. The lowest BCUT2D eigenvalue weighted by Gasteiger charge is -2.28. The molecule has 0 unspecified atom stereocenters. The maximum Gasteiger partial charge on any atom is 0.255 e. The first-order valence-corrected chi connectivity index (χ1v) is 48.7. The van der Waals surface area contributed by atoms with Crippen LogP contribution in [0.2, 0.25) is 20.1 Å². The van der Waals surface area contributed by atoms with E-state index in [2.05, 4.69) is 51.2 Å². The van der Waals surface area contributed by atoms with Crippen molar-refractivity contribution in [2.75, 3.05) is 115 Å². The highest BCUT2D eigenvalue weighted by Gasteiger charge is 2.32. The van der Waals surface area contributed by atoms with E-state index < -0.39 is 51.8 Å². The van der Waals surface area contributed by atoms with Gasteiger partial charge >= 0.3 is 0 Å². The second-order valence-corrected chi connectivity index (χ2v) is 39.9. The number of pyridine rings is 5. The van der Waals surface area contributed by atoms with Gasteiger partial charge in [0.2, 0.25) is 40.1 Å². The Morgan fingerprint density at radius 3 is 1.11 bits per heavy atom. The van der Waals surface area contributed by atoms with Crippen LogP contribution in [0.4, 0.5) is 49.9 Å². The number of hydrogen-bond donors (Lipinski definition) is 5. The first kappa shape index (κ1) is 91.4. The Hall–Kier alpha value is -12.9. The van der Waals surface area contributed by atoms with Crippen molar-refractivity contribution in [2.45, 2.75) is 0 Å². The van der Waals surface area contributed by atoms with Crippen LogP contribution in [0.1, 0.15) is 41.4 Å². The molecule has 11 heterocycles. The molecule has 8 aromatic carbocycles. The van der Waals surface area contributed by atoms with Crippen molar-refractivity contribution in [1.82, 2.24) is 29.9 Å².